The first-order chi connectivity index (χ1) is 9.15. The SMILES string of the molecule is COc1cc(C)c(NC2CCCSC2C)cc1OC. The Kier molecular flexibility index (Phi) is 4.86. The Balaban J connectivity index is 2.19. The zero-order valence-corrected chi connectivity index (χ0v) is 13.0. The second-order valence-corrected chi connectivity index (χ2v) is 6.48. The molecule has 1 aliphatic heterocycles. The number of rotatable bonds is 4. The van der Waals surface area contributed by atoms with Gasteiger partial charge in [-0.05, 0) is 37.1 Å². The van der Waals surface area contributed by atoms with Crippen LogP contribution in [0.5, 0.6) is 11.5 Å². The molecule has 2 rings (SSSR count). The standard InChI is InChI=1S/C15H23NO2S/c1-10-8-14(17-3)15(18-4)9-13(10)16-12-6-5-7-19-11(12)2/h8-9,11-12,16H,5-7H2,1-4H3. The van der Waals surface area contributed by atoms with Crippen LogP contribution in [0.1, 0.15) is 25.3 Å². The first-order valence-corrected chi connectivity index (χ1v) is 7.81. The van der Waals surface area contributed by atoms with Gasteiger partial charge in [0, 0.05) is 23.0 Å². The van der Waals surface area contributed by atoms with Gasteiger partial charge >= 0.3 is 0 Å². The fourth-order valence-electron chi connectivity index (χ4n) is 2.45. The van der Waals surface area contributed by atoms with Gasteiger partial charge in [-0.1, -0.05) is 6.92 Å². The summed E-state index contributed by atoms with van der Waals surface area (Å²) in [5.41, 5.74) is 2.34. The van der Waals surface area contributed by atoms with Crippen molar-refractivity contribution in [1.82, 2.24) is 0 Å². The van der Waals surface area contributed by atoms with Gasteiger partial charge in [0.15, 0.2) is 11.5 Å². The highest BCUT2D eigenvalue weighted by Crippen LogP contribution is 2.35. The van der Waals surface area contributed by atoms with Crippen LogP contribution in [-0.2, 0) is 0 Å². The minimum absolute atomic E-state index is 0.538. The van der Waals surface area contributed by atoms with E-state index in [1.165, 1.54) is 24.2 Å². The number of nitrogens with one attached hydrogen (secondary N) is 1. The largest absolute Gasteiger partial charge is 0.493 e. The lowest BCUT2D eigenvalue weighted by atomic mass is 10.1. The van der Waals surface area contributed by atoms with E-state index < -0.39 is 0 Å². The molecule has 1 aromatic rings. The minimum atomic E-state index is 0.538. The molecule has 1 saturated heterocycles. The number of hydrogen-bond donors (Lipinski definition) is 1. The number of aryl methyl sites for hydroxylation is 1. The van der Waals surface area contributed by atoms with Gasteiger partial charge in [-0.2, -0.15) is 11.8 Å². The normalized spacial score (nSPS) is 22.9. The molecule has 1 N–H and O–H groups in total. The van der Waals surface area contributed by atoms with Crippen LogP contribution in [0.25, 0.3) is 0 Å². The molecule has 1 aliphatic rings. The predicted molar refractivity (Wildman–Crippen MR) is 82.8 cm³/mol. The Morgan fingerprint density at radius 1 is 1.21 bits per heavy atom. The summed E-state index contributed by atoms with van der Waals surface area (Å²) in [6.45, 7) is 4.41. The molecule has 0 amide bonds. The van der Waals surface area contributed by atoms with Crippen molar-refractivity contribution in [2.24, 2.45) is 0 Å². The summed E-state index contributed by atoms with van der Waals surface area (Å²) in [6, 6.07) is 4.61. The molecule has 0 radical (unpaired) electrons. The maximum absolute atomic E-state index is 5.38. The molecule has 0 aromatic heterocycles. The summed E-state index contributed by atoms with van der Waals surface area (Å²) in [6.07, 6.45) is 2.53. The van der Waals surface area contributed by atoms with Crippen LogP contribution >= 0.6 is 11.8 Å². The van der Waals surface area contributed by atoms with E-state index in [0.717, 1.165) is 17.2 Å². The van der Waals surface area contributed by atoms with Gasteiger partial charge < -0.3 is 14.8 Å². The third-order valence-electron chi connectivity index (χ3n) is 3.68. The van der Waals surface area contributed by atoms with Crippen molar-refractivity contribution in [3.63, 3.8) is 0 Å². The van der Waals surface area contributed by atoms with Crippen LogP contribution in [-0.4, -0.2) is 31.3 Å². The second-order valence-electron chi connectivity index (χ2n) is 4.99. The van der Waals surface area contributed by atoms with Crippen LogP contribution in [0.3, 0.4) is 0 Å². The minimum Gasteiger partial charge on any atom is -0.493 e. The van der Waals surface area contributed by atoms with Crippen molar-refractivity contribution in [2.45, 2.75) is 38.0 Å². The van der Waals surface area contributed by atoms with Crippen molar-refractivity contribution < 1.29 is 9.47 Å². The first kappa shape index (κ1) is 14.4. The Hall–Kier alpha value is -1.03. The quantitative estimate of drug-likeness (QED) is 0.911. The van der Waals surface area contributed by atoms with E-state index in [2.05, 4.69) is 30.9 Å². The third-order valence-corrected chi connectivity index (χ3v) is 5.06. The molecule has 3 nitrogen and oxygen atoms in total. The first-order valence-electron chi connectivity index (χ1n) is 6.76. The van der Waals surface area contributed by atoms with Gasteiger partial charge in [-0.25, -0.2) is 0 Å². The van der Waals surface area contributed by atoms with Gasteiger partial charge in [0.05, 0.1) is 14.2 Å². The summed E-state index contributed by atoms with van der Waals surface area (Å²) in [7, 11) is 3.35. The van der Waals surface area contributed by atoms with E-state index >= 15 is 0 Å². The van der Waals surface area contributed by atoms with Crippen LogP contribution in [0, 0.1) is 6.92 Å². The lowest BCUT2D eigenvalue weighted by Gasteiger charge is -2.30. The van der Waals surface area contributed by atoms with Gasteiger partial charge in [0.1, 0.15) is 0 Å². The van der Waals surface area contributed by atoms with Crippen molar-refractivity contribution in [1.29, 1.82) is 0 Å². The van der Waals surface area contributed by atoms with E-state index in [4.69, 9.17) is 9.47 Å². The second kappa shape index (κ2) is 6.42. The third kappa shape index (κ3) is 3.30. The van der Waals surface area contributed by atoms with E-state index in [-0.39, 0.29) is 0 Å². The maximum Gasteiger partial charge on any atom is 0.162 e. The van der Waals surface area contributed by atoms with Crippen LogP contribution < -0.4 is 14.8 Å². The molecule has 2 atom stereocenters. The molecule has 1 heterocycles. The summed E-state index contributed by atoms with van der Waals surface area (Å²) < 4.78 is 10.7. The van der Waals surface area contributed by atoms with Crippen molar-refractivity contribution in [3.05, 3.63) is 17.7 Å². The Morgan fingerprint density at radius 3 is 2.53 bits per heavy atom. The fraction of sp³-hybridized carbons (Fsp3) is 0.600. The van der Waals surface area contributed by atoms with E-state index in [9.17, 15) is 0 Å². The Labute approximate surface area is 120 Å². The van der Waals surface area contributed by atoms with Crippen LogP contribution in [0.4, 0.5) is 5.69 Å². The molecule has 4 heteroatoms. The number of anilines is 1. The lowest BCUT2D eigenvalue weighted by Crippen LogP contribution is -2.33. The highest BCUT2D eigenvalue weighted by atomic mass is 32.2. The summed E-state index contributed by atoms with van der Waals surface area (Å²) >= 11 is 2.05. The number of thioether (sulfide) groups is 1. The maximum atomic E-state index is 5.38. The van der Waals surface area contributed by atoms with Gasteiger partial charge in [-0.3, -0.25) is 0 Å². The van der Waals surface area contributed by atoms with Gasteiger partial charge in [-0.15, -0.1) is 0 Å². The average molecular weight is 281 g/mol. The van der Waals surface area contributed by atoms with Crippen molar-refractivity contribution in [3.8, 4) is 11.5 Å². The molecule has 1 aromatic carbocycles. The van der Waals surface area contributed by atoms with E-state index in [1.807, 2.05) is 12.1 Å². The molecule has 106 valence electrons. The monoisotopic (exact) mass is 281 g/mol. The zero-order chi connectivity index (χ0) is 13.8. The molecule has 0 spiro atoms. The molecule has 0 aliphatic carbocycles. The van der Waals surface area contributed by atoms with E-state index in [1.54, 1.807) is 14.2 Å². The Bertz CT molecular complexity index is 436. The lowest BCUT2D eigenvalue weighted by molar-refractivity contribution is 0.355. The molecule has 2 unspecified atom stereocenters. The van der Waals surface area contributed by atoms with Gasteiger partial charge in [0.25, 0.3) is 0 Å². The highest BCUT2D eigenvalue weighted by Gasteiger charge is 2.22. The summed E-state index contributed by atoms with van der Waals surface area (Å²) in [5.74, 6) is 2.85. The summed E-state index contributed by atoms with van der Waals surface area (Å²) in [5, 5.41) is 4.32. The topological polar surface area (TPSA) is 30.5 Å². The predicted octanol–water partition coefficient (Wildman–Crippen LogP) is 3.71. The fourth-order valence-corrected chi connectivity index (χ4v) is 3.59. The van der Waals surface area contributed by atoms with Crippen LogP contribution in [0.2, 0.25) is 0 Å². The summed E-state index contributed by atoms with van der Waals surface area (Å²) in [4.78, 5) is 0. The molecular formula is C15H23NO2S. The molecule has 0 bridgehead atoms. The van der Waals surface area contributed by atoms with Crippen molar-refractivity contribution in [2.75, 3.05) is 25.3 Å². The molecular weight excluding hydrogens is 258 g/mol. The molecule has 0 saturated carbocycles. The number of methoxy groups -OCH3 is 2. The van der Waals surface area contributed by atoms with Gasteiger partial charge in [0.2, 0.25) is 0 Å². The number of benzene rings is 1. The number of ether oxygens (including phenoxy) is 2. The number of hydrogen-bond acceptors (Lipinski definition) is 4. The van der Waals surface area contributed by atoms with E-state index in [0.29, 0.717) is 11.3 Å². The highest BCUT2D eigenvalue weighted by molar-refractivity contribution is 8.00. The van der Waals surface area contributed by atoms with Crippen molar-refractivity contribution >= 4 is 17.4 Å². The average Bonchev–Trinajstić information content (AvgIpc) is 2.42. The van der Waals surface area contributed by atoms with Crippen LogP contribution in [0.15, 0.2) is 12.1 Å². The molecule has 19 heavy (non-hydrogen) atoms. The smallest absolute Gasteiger partial charge is 0.162 e. The Morgan fingerprint density at radius 2 is 1.89 bits per heavy atom. The zero-order valence-electron chi connectivity index (χ0n) is 12.2. The molecule has 1 fully saturated rings.